The first-order chi connectivity index (χ1) is 11.7. The first kappa shape index (κ1) is 14.6. The Kier molecular flexibility index (Phi) is 3.57. The summed E-state index contributed by atoms with van der Waals surface area (Å²) in [7, 11) is 0. The molecule has 0 aliphatic carbocycles. The van der Waals surface area contributed by atoms with Gasteiger partial charge in [-0.05, 0) is 30.3 Å². The number of aromatic amines is 1. The average molecular weight is 323 g/mol. The van der Waals surface area contributed by atoms with Gasteiger partial charge in [0.15, 0.2) is 0 Å². The summed E-state index contributed by atoms with van der Waals surface area (Å²) in [5, 5.41) is 3.91. The number of nitrogens with one attached hydrogen (secondary N) is 2. The minimum Gasteiger partial charge on any atom is -0.467 e. The number of aromatic nitrogens is 1. The van der Waals surface area contributed by atoms with E-state index in [0.717, 1.165) is 22.4 Å². The van der Waals surface area contributed by atoms with Crippen molar-refractivity contribution in [2.75, 3.05) is 11.9 Å². The lowest BCUT2D eigenvalue weighted by Gasteiger charge is -2.15. The van der Waals surface area contributed by atoms with Crippen LogP contribution in [0.1, 0.15) is 12.2 Å². The molecule has 24 heavy (non-hydrogen) atoms. The van der Waals surface area contributed by atoms with Gasteiger partial charge in [-0.15, -0.1) is 0 Å². The maximum atomic E-state index is 12.6. The molecule has 0 saturated carbocycles. The van der Waals surface area contributed by atoms with Crippen molar-refractivity contribution in [3.05, 3.63) is 54.6 Å². The molecular formula is C18H17N3O3. The van der Waals surface area contributed by atoms with Gasteiger partial charge >= 0.3 is 0 Å². The highest BCUT2D eigenvalue weighted by Crippen LogP contribution is 2.25. The van der Waals surface area contributed by atoms with Gasteiger partial charge in [0.05, 0.1) is 24.4 Å². The topological polar surface area (TPSA) is 78.3 Å². The smallest absolute Gasteiger partial charge is 0.229 e. The number of likely N-dealkylation sites (tertiary alicyclic amines) is 1. The standard InChI is InChI=1S/C18H17N3O3/c22-17-9-12(10-21(17)11-13-3-2-8-24-13)18(23)20-16-5-1-4-15-14(16)6-7-19-15/h1-8,12,19H,9-11H2,(H,20,23). The fourth-order valence-corrected chi connectivity index (χ4v) is 3.12. The maximum absolute atomic E-state index is 12.6. The maximum Gasteiger partial charge on any atom is 0.229 e. The highest BCUT2D eigenvalue weighted by atomic mass is 16.3. The molecule has 3 heterocycles. The Bertz CT molecular complexity index is 882. The molecule has 2 N–H and O–H groups in total. The van der Waals surface area contributed by atoms with Crippen LogP contribution in [0.25, 0.3) is 10.9 Å². The zero-order chi connectivity index (χ0) is 16.5. The van der Waals surface area contributed by atoms with Gasteiger partial charge in [-0.3, -0.25) is 9.59 Å². The molecule has 4 rings (SSSR count). The van der Waals surface area contributed by atoms with E-state index < -0.39 is 0 Å². The molecule has 2 amide bonds. The van der Waals surface area contributed by atoms with Crippen molar-refractivity contribution in [2.24, 2.45) is 5.92 Å². The van der Waals surface area contributed by atoms with Gasteiger partial charge in [0.1, 0.15) is 5.76 Å². The fourth-order valence-electron chi connectivity index (χ4n) is 3.12. The third-order valence-corrected chi connectivity index (χ3v) is 4.36. The minimum atomic E-state index is -0.346. The molecule has 0 spiro atoms. The zero-order valence-corrected chi connectivity index (χ0v) is 13.0. The summed E-state index contributed by atoms with van der Waals surface area (Å²) in [4.78, 5) is 29.5. The van der Waals surface area contributed by atoms with Gasteiger partial charge in [-0.2, -0.15) is 0 Å². The highest BCUT2D eigenvalue weighted by Gasteiger charge is 2.34. The number of H-pyrrole nitrogens is 1. The fraction of sp³-hybridized carbons (Fsp3) is 0.222. The predicted molar refractivity (Wildman–Crippen MR) is 89.2 cm³/mol. The van der Waals surface area contributed by atoms with Gasteiger partial charge in [-0.25, -0.2) is 0 Å². The molecule has 1 aromatic carbocycles. The SMILES string of the molecule is O=C(Nc1cccc2[nH]ccc12)C1CC(=O)N(Cc2ccco2)C1. The predicted octanol–water partition coefficient (Wildman–Crippen LogP) is 2.75. The lowest BCUT2D eigenvalue weighted by Crippen LogP contribution is -2.27. The number of amides is 2. The third-order valence-electron chi connectivity index (χ3n) is 4.36. The van der Waals surface area contributed by atoms with E-state index in [1.807, 2.05) is 36.5 Å². The number of hydrogen-bond donors (Lipinski definition) is 2. The summed E-state index contributed by atoms with van der Waals surface area (Å²) < 4.78 is 5.28. The lowest BCUT2D eigenvalue weighted by molar-refractivity contribution is -0.128. The molecule has 1 fully saturated rings. The number of furan rings is 1. The summed E-state index contributed by atoms with van der Waals surface area (Å²) in [6.07, 6.45) is 3.65. The molecule has 0 radical (unpaired) electrons. The monoisotopic (exact) mass is 323 g/mol. The lowest BCUT2D eigenvalue weighted by atomic mass is 10.1. The van der Waals surface area contributed by atoms with Crippen LogP contribution in [-0.2, 0) is 16.1 Å². The van der Waals surface area contributed by atoms with Gasteiger partial charge in [0, 0.05) is 30.1 Å². The Balaban J connectivity index is 1.45. The number of carbonyl (C=O) groups is 2. The van der Waals surface area contributed by atoms with Gasteiger partial charge in [0.2, 0.25) is 11.8 Å². The second kappa shape index (κ2) is 5.88. The van der Waals surface area contributed by atoms with Crippen LogP contribution in [0.5, 0.6) is 0 Å². The summed E-state index contributed by atoms with van der Waals surface area (Å²) >= 11 is 0. The van der Waals surface area contributed by atoms with Gasteiger partial charge in [0.25, 0.3) is 0 Å². The number of hydrogen-bond acceptors (Lipinski definition) is 3. The van der Waals surface area contributed by atoms with Crippen LogP contribution in [-0.4, -0.2) is 28.2 Å². The number of fused-ring (bicyclic) bond motifs is 1. The van der Waals surface area contributed by atoms with Crippen molar-refractivity contribution in [3.63, 3.8) is 0 Å². The number of rotatable bonds is 4. The molecule has 6 nitrogen and oxygen atoms in total. The largest absolute Gasteiger partial charge is 0.467 e. The summed E-state index contributed by atoms with van der Waals surface area (Å²) in [5.74, 6) is 0.230. The molecule has 1 unspecified atom stereocenters. The Morgan fingerprint density at radius 2 is 2.21 bits per heavy atom. The van der Waals surface area contributed by atoms with Crippen LogP contribution in [0.4, 0.5) is 5.69 Å². The van der Waals surface area contributed by atoms with Crippen LogP contribution in [0, 0.1) is 5.92 Å². The van der Waals surface area contributed by atoms with Crippen molar-refractivity contribution in [1.82, 2.24) is 9.88 Å². The number of nitrogens with zero attached hydrogens (tertiary/aromatic N) is 1. The van der Waals surface area contributed by atoms with Crippen LogP contribution < -0.4 is 5.32 Å². The van der Waals surface area contributed by atoms with Crippen LogP contribution >= 0.6 is 0 Å². The van der Waals surface area contributed by atoms with Crippen molar-refractivity contribution >= 4 is 28.4 Å². The molecule has 122 valence electrons. The Morgan fingerprint density at radius 3 is 3.04 bits per heavy atom. The van der Waals surface area contributed by atoms with Gasteiger partial charge < -0.3 is 19.6 Å². The molecule has 2 aromatic heterocycles. The van der Waals surface area contributed by atoms with Gasteiger partial charge in [-0.1, -0.05) is 6.07 Å². The molecule has 1 aliphatic rings. The quantitative estimate of drug-likeness (QED) is 0.775. The molecule has 1 atom stereocenters. The zero-order valence-electron chi connectivity index (χ0n) is 13.0. The van der Waals surface area contributed by atoms with E-state index in [2.05, 4.69) is 10.3 Å². The summed E-state index contributed by atoms with van der Waals surface area (Å²) in [5.41, 5.74) is 1.73. The molecule has 1 aliphatic heterocycles. The Morgan fingerprint density at radius 1 is 1.29 bits per heavy atom. The summed E-state index contributed by atoms with van der Waals surface area (Å²) in [6.45, 7) is 0.817. The second-order valence-corrected chi connectivity index (χ2v) is 5.99. The van der Waals surface area contributed by atoms with Crippen LogP contribution in [0.2, 0.25) is 0 Å². The normalized spacial score (nSPS) is 17.6. The molecule has 3 aromatic rings. The van der Waals surface area contributed by atoms with E-state index in [9.17, 15) is 9.59 Å². The first-order valence-corrected chi connectivity index (χ1v) is 7.88. The molecule has 1 saturated heterocycles. The van der Waals surface area contributed by atoms with E-state index in [1.165, 1.54) is 0 Å². The summed E-state index contributed by atoms with van der Waals surface area (Å²) in [6, 6.07) is 11.2. The van der Waals surface area contributed by atoms with E-state index >= 15 is 0 Å². The van der Waals surface area contributed by atoms with Crippen LogP contribution in [0.3, 0.4) is 0 Å². The second-order valence-electron chi connectivity index (χ2n) is 5.99. The van der Waals surface area contributed by atoms with Crippen molar-refractivity contribution < 1.29 is 14.0 Å². The average Bonchev–Trinajstić information content (AvgIpc) is 3.30. The molecule has 0 bridgehead atoms. The third kappa shape index (κ3) is 2.67. The number of anilines is 1. The van der Waals surface area contributed by atoms with E-state index in [0.29, 0.717) is 13.1 Å². The molecular weight excluding hydrogens is 306 g/mol. The van der Waals surface area contributed by atoms with E-state index in [-0.39, 0.29) is 24.2 Å². The first-order valence-electron chi connectivity index (χ1n) is 7.88. The van der Waals surface area contributed by atoms with Crippen molar-refractivity contribution in [1.29, 1.82) is 0 Å². The number of benzene rings is 1. The van der Waals surface area contributed by atoms with Crippen LogP contribution in [0.15, 0.2) is 53.3 Å². The Labute approximate surface area is 138 Å². The van der Waals surface area contributed by atoms with E-state index in [1.54, 1.807) is 17.2 Å². The van der Waals surface area contributed by atoms with Crippen molar-refractivity contribution in [3.8, 4) is 0 Å². The minimum absolute atomic E-state index is 0.0218. The highest BCUT2D eigenvalue weighted by molar-refractivity contribution is 6.03. The Hall–Kier alpha value is -3.02. The van der Waals surface area contributed by atoms with E-state index in [4.69, 9.17) is 4.42 Å². The molecule has 6 heteroatoms. The van der Waals surface area contributed by atoms with Crippen molar-refractivity contribution in [2.45, 2.75) is 13.0 Å². The number of carbonyl (C=O) groups excluding carboxylic acids is 2.